The molecule has 0 atom stereocenters. The quantitative estimate of drug-likeness (QED) is 0.623. The molecule has 0 N–H and O–H groups in total. The smallest absolute Gasteiger partial charge is 0.123 e. The second-order valence-corrected chi connectivity index (χ2v) is 2.39. The van der Waals surface area contributed by atoms with Crippen LogP contribution in [-0.4, -0.2) is 9.55 Å². The summed E-state index contributed by atoms with van der Waals surface area (Å²) in [6.07, 6.45) is 5.97. The first kappa shape index (κ1) is 7.03. The third kappa shape index (κ3) is 1.21. The number of nitrogens with zero attached hydrogens (tertiary/aromatic N) is 2. The molecule has 2 nitrogen and oxygen atoms in total. The zero-order chi connectivity index (χ0) is 8.39. The number of rotatable bonds is 1. The normalized spacial score (nSPS) is 10.1. The fourth-order valence-corrected chi connectivity index (χ4v) is 0.979. The zero-order valence-corrected chi connectivity index (χ0v) is 6.24. The molecule has 0 aliphatic carbocycles. The second kappa shape index (κ2) is 2.77. The van der Waals surface area contributed by atoms with Gasteiger partial charge in [0.05, 0.1) is 6.33 Å². The predicted octanol–water partition coefficient (Wildman–Crippen LogP) is 1.81. The van der Waals surface area contributed by atoms with E-state index < -0.39 is 0 Å². The molecule has 1 heterocycles. The number of benzene rings is 1. The lowest BCUT2D eigenvalue weighted by atomic mass is 10.3. The highest BCUT2D eigenvalue weighted by Gasteiger charge is 1.94. The highest BCUT2D eigenvalue weighted by Crippen LogP contribution is 2.07. The average molecular weight is 161 g/mol. The molecule has 2 aromatic rings. The monoisotopic (exact) mass is 161 g/mol. The molecule has 59 valence electrons. The molecule has 0 bridgehead atoms. The number of hydrogen-bond donors (Lipinski definition) is 0. The van der Waals surface area contributed by atoms with Crippen LogP contribution < -0.4 is 0 Å². The minimum absolute atomic E-state index is 0.233. The third-order valence-corrected chi connectivity index (χ3v) is 1.58. The highest BCUT2D eigenvalue weighted by molar-refractivity contribution is 5.31. The van der Waals surface area contributed by atoms with E-state index in [1.54, 1.807) is 29.2 Å². The van der Waals surface area contributed by atoms with Crippen LogP contribution in [0.1, 0.15) is 0 Å². The van der Waals surface area contributed by atoms with Crippen molar-refractivity contribution >= 4 is 0 Å². The summed E-state index contributed by atoms with van der Waals surface area (Å²) < 4.78 is 14.3. The van der Waals surface area contributed by atoms with Crippen molar-refractivity contribution in [2.45, 2.75) is 0 Å². The van der Waals surface area contributed by atoms with Crippen molar-refractivity contribution in [1.29, 1.82) is 0 Å². The minimum Gasteiger partial charge on any atom is -0.306 e. The van der Waals surface area contributed by atoms with E-state index in [1.165, 1.54) is 12.1 Å². The lowest BCUT2D eigenvalue weighted by molar-refractivity contribution is 0.627. The fourth-order valence-electron chi connectivity index (χ4n) is 0.979. The van der Waals surface area contributed by atoms with Gasteiger partial charge in [-0.3, -0.25) is 0 Å². The molecule has 0 aliphatic heterocycles. The SMILES string of the molecule is Fc1ccc(-n2c[c]nc2)cc1. The Kier molecular flexibility index (Phi) is 1.63. The summed E-state index contributed by atoms with van der Waals surface area (Å²) in [5.74, 6) is -0.233. The van der Waals surface area contributed by atoms with Gasteiger partial charge in [-0.15, -0.1) is 0 Å². The molecule has 0 aliphatic rings. The maximum absolute atomic E-state index is 12.5. The van der Waals surface area contributed by atoms with E-state index in [1.807, 2.05) is 0 Å². The van der Waals surface area contributed by atoms with Gasteiger partial charge in [0.2, 0.25) is 0 Å². The largest absolute Gasteiger partial charge is 0.306 e. The lowest BCUT2D eigenvalue weighted by Crippen LogP contribution is -1.88. The number of hydrogen-bond acceptors (Lipinski definition) is 1. The first-order valence-corrected chi connectivity index (χ1v) is 3.52. The molecule has 0 fully saturated rings. The van der Waals surface area contributed by atoms with Crippen molar-refractivity contribution in [3.05, 3.63) is 48.8 Å². The topological polar surface area (TPSA) is 17.8 Å². The van der Waals surface area contributed by atoms with E-state index in [-0.39, 0.29) is 5.82 Å². The zero-order valence-electron chi connectivity index (χ0n) is 6.24. The molecular formula is C9H6FN2. The van der Waals surface area contributed by atoms with E-state index >= 15 is 0 Å². The van der Waals surface area contributed by atoms with Gasteiger partial charge < -0.3 is 4.57 Å². The Morgan fingerprint density at radius 1 is 1.25 bits per heavy atom. The van der Waals surface area contributed by atoms with Gasteiger partial charge in [0.15, 0.2) is 0 Å². The van der Waals surface area contributed by atoms with Crippen LogP contribution in [0.5, 0.6) is 0 Å². The van der Waals surface area contributed by atoms with Crippen LogP contribution in [0, 0.1) is 12.0 Å². The molecule has 2 rings (SSSR count). The molecule has 0 unspecified atom stereocenters. The summed E-state index contributed by atoms with van der Waals surface area (Å²) in [4.78, 5) is 3.77. The number of halogens is 1. The first-order chi connectivity index (χ1) is 5.86. The second-order valence-electron chi connectivity index (χ2n) is 2.39. The molecule has 3 heteroatoms. The van der Waals surface area contributed by atoms with Crippen LogP contribution in [0.25, 0.3) is 5.69 Å². The standard InChI is InChI=1S/C9H6FN2/c10-8-1-3-9(4-2-8)12-6-5-11-7-12/h1-4,6-7H. The van der Waals surface area contributed by atoms with Crippen LogP contribution in [0.3, 0.4) is 0 Å². The third-order valence-electron chi connectivity index (χ3n) is 1.58. The molecule has 1 radical (unpaired) electrons. The lowest BCUT2D eigenvalue weighted by Gasteiger charge is -1.99. The van der Waals surface area contributed by atoms with Crippen molar-refractivity contribution in [3.8, 4) is 5.69 Å². The first-order valence-electron chi connectivity index (χ1n) is 3.52. The van der Waals surface area contributed by atoms with E-state index in [0.717, 1.165) is 5.69 Å². The Balaban J connectivity index is 2.43. The van der Waals surface area contributed by atoms with Crippen molar-refractivity contribution in [3.63, 3.8) is 0 Å². The van der Waals surface area contributed by atoms with Crippen LogP contribution in [0.4, 0.5) is 4.39 Å². The number of imidazole rings is 1. The summed E-state index contributed by atoms with van der Waals surface area (Å²) in [7, 11) is 0. The van der Waals surface area contributed by atoms with Crippen molar-refractivity contribution in [2.24, 2.45) is 0 Å². The van der Waals surface area contributed by atoms with Crippen LogP contribution in [0.15, 0.2) is 36.8 Å². The molecule has 1 aromatic heterocycles. The molecule has 1 aromatic carbocycles. The molecule has 0 spiro atoms. The number of aromatic nitrogens is 2. The summed E-state index contributed by atoms with van der Waals surface area (Å²) in [6, 6.07) is 6.19. The molecule has 0 saturated carbocycles. The van der Waals surface area contributed by atoms with Gasteiger partial charge in [0.1, 0.15) is 12.0 Å². The Hall–Kier alpha value is -1.64. The predicted molar refractivity (Wildman–Crippen MR) is 42.4 cm³/mol. The summed E-state index contributed by atoms with van der Waals surface area (Å²) >= 11 is 0. The average Bonchev–Trinajstić information content (AvgIpc) is 2.58. The highest BCUT2D eigenvalue weighted by atomic mass is 19.1. The van der Waals surface area contributed by atoms with Gasteiger partial charge in [-0.1, -0.05) is 0 Å². The van der Waals surface area contributed by atoms with E-state index in [4.69, 9.17) is 0 Å². The Bertz CT molecular complexity index is 351. The molecule has 0 amide bonds. The van der Waals surface area contributed by atoms with Gasteiger partial charge in [0, 0.05) is 11.9 Å². The van der Waals surface area contributed by atoms with Gasteiger partial charge in [0.25, 0.3) is 0 Å². The molecular weight excluding hydrogens is 155 g/mol. The van der Waals surface area contributed by atoms with E-state index in [9.17, 15) is 4.39 Å². The summed E-state index contributed by atoms with van der Waals surface area (Å²) in [5, 5.41) is 0. The van der Waals surface area contributed by atoms with Crippen LogP contribution in [0.2, 0.25) is 0 Å². The van der Waals surface area contributed by atoms with Crippen molar-refractivity contribution < 1.29 is 4.39 Å². The minimum atomic E-state index is -0.233. The molecule has 0 saturated heterocycles. The van der Waals surface area contributed by atoms with E-state index in [2.05, 4.69) is 11.2 Å². The van der Waals surface area contributed by atoms with E-state index in [0.29, 0.717) is 0 Å². The maximum Gasteiger partial charge on any atom is 0.123 e. The van der Waals surface area contributed by atoms with Crippen molar-refractivity contribution in [1.82, 2.24) is 9.55 Å². The summed E-state index contributed by atoms with van der Waals surface area (Å²) in [6.45, 7) is 0. The molecule has 12 heavy (non-hydrogen) atoms. The Labute approximate surface area is 69.3 Å². The van der Waals surface area contributed by atoms with Gasteiger partial charge in [-0.05, 0) is 24.3 Å². The van der Waals surface area contributed by atoms with Crippen molar-refractivity contribution in [2.75, 3.05) is 0 Å². The fraction of sp³-hybridized carbons (Fsp3) is 0. The van der Waals surface area contributed by atoms with Gasteiger partial charge in [-0.25, -0.2) is 9.37 Å². The van der Waals surface area contributed by atoms with Crippen LogP contribution >= 0.6 is 0 Å². The Morgan fingerprint density at radius 3 is 2.58 bits per heavy atom. The van der Waals surface area contributed by atoms with Gasteiger partial charge >= 0.3 is 0 Å². The summed E-state index contributed by atoms with van der Waals surface area (Å²) in [5.41, 5.74) is 0.880. The Morgan fingerprint density at radius 2 is 2.00 bits per heavy atom. The van der Waals surface area contributed by atoms with Gasteiger partial charge in [-0.2, -0.15) is 0 Å². The van der Waals surface area contributed by atoms with Crippen LogP contribution in [-0.2, 0) is 0 Å². The maximum atomic E-state index is 12.5.